The molecule has 1 aliphatic rings. The summed E-state index contributed by atoms with van der Waals surface area (Å²) in [4.78, 5) is 2.68. The third-order valence-corrected chi connectivity index (χ3v) is 3.24. The van der Waals surface area contributed by atoms with Gasteiger partial charge < -0.3 is 4.90 Å². The molecule has 1 heteroatoms. The second-order valence-electron chi connectivity index (χ2n) is 4.44. The molecule has 78 valence electrons. The maximum atomic E-state index is 2.68. The highest BCUT2D eigenvalue weighted by atomic mass is 15.1. The van der Waals surface area contributed by atoms with Crippen LogP contribution < -0.4 is 0 Å². The molecule has 0 spiro atoms. The molecular formula is C12H25N. The van der Waals surface area contributed by atoms with Crippen LogP contribution in [0.5, 0.6) is 0 Å². The first-order valence-corrected chi connectivity index (χ1v) is 6.08. The SMILES string of the molecule is CCCCCCN1CCCCC1C. The second kappa shape index (κ2) is 6.42. The van der Waals surface area contributed by atoms with Crippen molar-refractivity contribution in [2.45, 2.75) is 64.8 Å². The molecule has 1 nitrogen and oxygen atoms in total. The normalized spacial score (nSPS) is 24.9. The minimum absolute atomic E-state index is 0.857. The number of likely N-dealkylation sites (tertiary alicyclic amines) is 1. The van der Waals surface area contributed by atoms with E-state index in [1.807, 2.05) is 0 Å². The van der Waals surface area contributed by atoms with E-state index >= 15 is 0 Å². The Morgan fingerprint density at radius 2 is 2.00 bits per heavy atom. The number of hydrogen-bond donors (Lipinski definition) is 0. The summed E-state index contributed by atoms with van der Waals surface area (Å²) in [5.41, 5.74) is 0. The van der Waals surface area contributed by atoms with Crippen molar-refractivity contribution in [3.63, 3.8) is 0 Å². The maximum Gasteiger partial charge on any atom is 0.00669 e. The quantitative estimate of drug-likeness (QED) is 0.590. The fourth-order valence-corrected chi connectivity index (χ4v) is 2.23. The van der Waals surface area contributed by atoms with Gasteiger partial charge in [0.2, 0.25) is 0 Å². The molecule has 1 fully saturated rings. The van der Waals surface area contributed by atoms with Gasteiger partial charge in [0.1, 0.15) is 0 Å². The predicted molar refractivity (Wildman–Crippen MR) is 59.0 cm³/mol. The molecule has 0 amide bonds. The lowest BCUT2D eigenvalue weighted by atomic mass is 10.0. The molecule has 0 aromatic heterocycles. The van der Waals surface area contributed by atoms with Crippen LogP contribution >= 0.6 is 0 Å². The van der Waals surface area contributed by atoms with Gasteiger partial charge >= 0.3 is 0 Å². The zero-order valence-corrected chi connectivity index (χ0v) is 9.39. The Labute approximate surface area is 83.5 Å². The summed E-state index contributed by atoms with van der Waals surface area (Å²) in [6.07, 6.45) is 9.92. The Balaban J connectivity index is 2.05. The Hall–Kier alpha value is -0.0400. The van der Waals surface area contributed by atoms with E-state index in [-0.39, 0.29) is 0 Å². The number of hydrogen-bond acceptors (Lipinski definition) is 1. The van der Waals surface area contributed by atoms with Gasteiger partial charge in [-0.25, -0.2) is 0 Å². The molecule has 1 atom stereocenters. The average Bonchev–Trinajstić information content (AvgIpc) is 2.15. The highest BCUT2D eigenvalue weighted by Gasteiger charge is 2.16. The summed E-state index contributed by atoms with van der Waals surface area (Å²) in [5.74, 6) is 0. The fourth-order valence-electron chi connectivity index (χ4n) is 2.23. The molecule has 13 heavy (non-hydrogen) atoms. The van der Waals surface area contributed by atoms with Gasteiger partial charge in [-0.1, -0.05) is 32.6 Å². The summed E-state index contributed by atoms with van der Waals surface area (Å²) in [6, 6.07) is 0.857. The van der Waals surface area contributed by atoms with Crippen molar-refractivity contribution in [1.82, 2.24) is 4.90 Å². The molecule has 0 aromatic rings. The van der Waals surface area contributed by atoms with Crippen molar-refractivity contribution >= 4 is 0 Å². The molecule has 0 aromatic carbocycles. The molecule has 1 saturated heterocycles. The molecule has 0 saturated carbocycles. The van der Waals surface area contributed by atoms with Gasteiger partial charge in [-0.15, -0.1) is 0 Å². The van der Waals surface area contributed by atoms with Crippen molar-refractivity contribution < 1.29 is 0 Å². The molecule has 1 rings (SSSR count). The van der Waals surface area contributed by atoms with Gasteiger partial charge in [-0.05, 0) is 39.3 Å². The van der Waals surface area contributed by atoms with Crippen LogP contribution in [0.25, 0.3) is 0 Å². The summed E-state index contributed by atoms with van der Waals surface area (Å²) < 4.78 is 0. The van der Waals surface area contributed by atoms with E-state index < -0.39 is 0 Å². The first kappa shape index (κ1) is 11.0. The van der Waals surface area contributed by atoms with Crippen LogP contribution in [-0.4, -0.2) is 24.0 Å². The lowest BCUT2D eigenvalue weighted by Gasteiger charge is -2.33. The summed E-state index contributed by atoms with van der Waals surface area (Å²) in [7, 11) is 0. The van der Waals surface area contributed by atoms with E-state index in [0.29, 0.717) is 0 Å². The van der Waals surface area contributed by atoms with Crippen molar-refractivity contribution in [3.8, 4) is 0 Å². The largest absolute Gasteiger partial charge is 0.301 e. The molecule has 1 aliphatic heterocycles. The molecule has 1 unspecified atom stereocenters. The van der Waals surface area contributed by atoms with E-state index in [4.69, 9.17) is 0 Å². The van der Waals surface area contributed by atoms with E-state index in [1.165, 1.54) is 58.0 Å². The van der Waals surface area contributed by atoms with Crippen LogP contribution in [0.2, 0.25) is 0 Å². The van der Waals surface area contributed by atoms with Crippen LogP contribution in [0.15, 0.2) is 0 Å². The van der Waals surface area contributed by atoms with Crippen LogP contribution in [-0.2, 0) is 0 Å². The summed E-state index contributed by atoms with van der Waals surface area (Å²) in [6.45, 7) is 7.37. The van der Waals surface area contributed by atoms with Crippen LogP contribution in [0, 0.1) is 0 Å². The molecule has 1 heterocycles. The number of rotatable bonds is 5. The Kier molecular flexibility index (Phi) is 5.45. The smallest absolute Gasteiger partial charge is 0.00669 e. The highest BCUT2D eigenvalue weighted by Crippen LogP contribution is 2.16. The van der Waals surface area contributed by atoms with E-state index in [9.17, 15) is 0 Å². The van der Waals surface area contributed by atoms with Gasteiger partial charge in [0.15, 0.2) is 0 Å². The lowest BCUT2D eigenvalue weighted by Crippen LogP contribution is -2.37. The molecule has 0 bridgehead atoms. The van der Waals surface area contributed by atoms with Gasteiger partial charge in [0.25, 0.3) is 0 Å². The van der Waals surface area contributed by atoms with E-state index in [2.05, 4.69) is 18.7 Å². The lowest BCUT2D eigenvalue weighted by molar-refractivity contribution is 0.157. The minimum atomic E-state index is 0.857. The number of unbranched alkanes of at least 4 members (excludes halogenated alkanes) is 3. The summed E-state index contributed by atoms with van der Waals surface area (Å²) >= 11 is 0. The van der Waals surface area contributed by atoms with E-state index in [1.54, 1.807) is 0 Å². The highest BCUT2D eigenvalue weighted by molar-refractivity contribution is 4.72. The molecular weight excluding hydrogens is 158 g/mol. The fraction of sp³-hybridized carbons (Fsp3) is 1.00. The minimum Gasteiger partial charge on any atom is -0.301 e. The van der Waals surface area contributed by atoms with Crippen LogP contribution in [0.1, 0.15) is 58.8 Å². The van der Waals surface area contributed by atoms with Crippen molar-refractivity contribution in [2.75, 3.05) is 13.1 Å². The standard InChI is InChI=1S/C12H25N/c1-3-4-5-7-10-13-11-8-6-9-12(13)2/h12H,3-11H2,1-2H3. The summed E-state index contributed by atoms with van der Waals surface area (Å²) in [5, 5.41) is 0. The first-order chi connectivity index (χ1) is 6.34. The Morgan fingerprint density at radius 1 is 1.15 bits per heavy atom. The average molecular weight is 183 g/mol. The van der Waals surface area contributed by atoms with E-state index in [0.717, 1.165) is 6.04 Å². The first-order valence-electron chi connectivity index (χ1n) is 6.08. The van der Waals surface area contributed by atoms with Crippen LogP contribution in [0.4, 0.5) is 0 Å². The Bertz CT molecular complexity index is 122. The van der Waals surface area contributed by atoms with Gasteiger partial charge in [-0.2, -0.15) is 0 Å². The third-order valence-electron chi connectivity index (χ3n) is 3.24. The molecule has 0 aliphatic carbocycles. The second-order valence-corrected chi connectivity index (χ2v) is 4.44. The zero-order valence-electron chi connectivity index (χ0n) is 9.39. The molecule has 0 N–H and O–H groups in total. The third kappa shape index (κ3) is 4.12. The number of piperidine rings is 1. The van der Waals surface area contributed by atoms with Gasteiger partial charge in [0, 0.05) is 6.04 Å². The zero-order chi connectivity index (χ0) is 9.52. The van der Waals surface area contributed by atoms with Gasteiger partial charge in [-0.3, -0.25) is 0 Å². The number of nitrogens with zero attached hydrogens (tertiary/aromatic N) is 1. The van der Waals surface area contributed by atoms with Crippen LogP contribution in [0.3, 0.4) is 0 Å². The predicted octanol–water partition coefficient (Wildman–Crippen LogP) is 3.44. The van der Waals surface area contributed by atoms with Gasteiger partial charge in [0.05, 0.1) is 0 Å². The topological polar surface area (TPSA) is 3.24 Å². The monoisotopic (exact) mass is 183 g/mol. The van der Waals surface area contributed by atoms with Crippen molar-refractivity contribution in [1.29, 1.82) is 0 Å². The Morgan fingerprint density at radius 3 is 2.69 bits per heavy atom. The van der Waals surface area contributed by atoms with Crippen molar-refractivity contribution in [3.05, 3.63) is 0 Å². The molecule has 0 radical (unpaired) electrons. The van der Waals surface area contributed by atoms with Crippen molar-refractivity contribution in [2.24, 2.45) is 0 Å². The maximum absolute atomic E-state index is 2.68.